The highest BCUT2D eigenvalue weighted by atomic mass is 16.5. The monoisotopic (exact) mass is 284 g/mol. The zero-order chi connectivity index (χ0) is 15.4. The van der Waals surface area contributed by atoms with Crippen LogP contribution in [0.3, 0.4) is 0 Å². The summed E-state index contributed by atoms with van der Waals surface area (Å²) in [6.45, 7) is 13.7. The Bertz CT molecular complexity index is 198. The average molecular weight is 285 g/mol. The molecule has 1 nitrogen and oxygen atoms in total. The molecule has 0 saturated carbocycles. The molecule has 0 rings (SSSR count). The Labute approximate surface area is 128 Å². The van der Waals surface area contributed by atoms with E-state index in [4.69, 9.17) is 4.74 Å². The number of hydrogen-bond acceptors (Lipinski definition) is 1. The topological polar surface area (TPSA) is 9.23 Å². The van der Waals surface area contributed by atoms with Crippen molar-refractivity contribution >= 4 is 0 Å². The van der Waals surface area contributed by atoms with E-state index in [0.717, 1.165) is 0 Å². The van der Waals surface area contributed by atoms with Gasteiger partial charge in [-0.15, -0.1) is 0 Å². The highest BCUT2D eigenvalue weighted by molar-refractivity contribution is 4.85. The highest BCUT2D eigenvalue weighted by Crippen LogP contribution is 2.39. The number of ether oxygens (including phenoxy) is 1. The van der Waals surface area contributed by atoms with Crippen LogP contribution in [0.5, 0.6) is 0 Å². The van der Waals surface area contributed by atoms with Crippen LogP contribution in [0, 0.1) is 5.41 Å². The zero-order valence-electron chi connectivity index (χ0n) is 15.1. The van der Waals surface area contributed by atoms with E-state index in [9.17, 15) is 0 Å². The van der Waals surface area contributed by atoms with E-state index in [0.29, 0.717) is 17.6 Å². The molecule has 0 bridgehead atoms. The molecule has 0 radical (unpaired) electrons. The predicted molar refractivity (Wildman–Crippen MR) is 91.3 cm³/mol. The lowest BCUT2D eigenvalue weighted by Gasteiger charge is -2.40. The van der Waals surface area contributed by atoms with Crippen LogP contribution >= 0.6 is 0 Å². The average Bonchev–Trinajstić information content (AvgIpc) is 2.44. The Hall–Kier alpha value is -0.0400. The lowest BCUT2D eigenvalue weighted by Crippen LogP contribution is -2.37. The van der Waals surface area contributed by atoms with E-state index in [1.54, 1.807) is 0 Å². The Morgan fingerprint density at radius 1 is 0.750 bits per heavy atom. The molecule has 0 spiro atoms. The molecule has 0 saturated heterocycles. The van der Waals surface area contributed by atoms with Gasteiger partial charge in [0.2, 0.25) is 0 Å². The van der Waals surface area contributed by atoms with Crippen LogP contribution < -0.4 is 0 Å². The molecule has 1 heteroatoms. The summed E-state index contributed by atoms with van der Waals surface area (Å²) in [6.07, 6.45) is 14.0. The molecule has 0 aliphatic rings. The molecule has 1 atom stereocenters. The third kappa shape index (κ3) is 7.11. The lowest BCUT2D eigenvalue weighted by atomic mass is 9.73. The van der Waals surface area contributed by atoms with Crippen LogP contribution in [0.1, 0.15) is 106 Å². The molecule has 0 aliphatic carbocycles. The van der Waals surface area contributed by atoms with E-state index in [-0.39, 0.29) is 0 Å². The Morgan fingerprint density at radius 2 is 1.25 bits per heavy atom. The summed E-state index contributed by atoms with van der Waals surface area (Å²) in [5.74, 6) is 0. The van der Waals surface area contributed by atoms with Gasteiger partial charge in [-0.25, -0.2) is 0 Å². The van der Waals surface area contributed by atoms with E-state index in [2.05, 4.69) is 41.5 Å². The SMILES string of the molecule is CCCCCCCCC(OC(C)C)C(CC)(CC)CC. The van der Waals surface area contributed by atoms with Gasteiger partial charge in [-0.2, -0.15) is 0 Å². The number of rotatable bonds is 13. The first-order valence-electron chi connectivity index (χ1n) is 9.21. The minimum atomic E-state index is 0.351. The second-order valence-electron chi connectivity index (χ2n) is 6.65. The van der Waals surface area contributed by atoms with E-state index in [1.807, 2.05) is 0 Å². The molecule has 0 aromatic carbocycles. The summed E-state index contributed by atoms with van der Waals surface area (Å²) in [5.41, 5.74) is 0.397. The van der Waals surface area contributed by atoms with Crippen LogP contribution in [0.25, 0.3) is 0 Å². The number of hydrogen-bond donors (Lipinski definition) is 0. The largest absolute Gasteiger partial charge is 0.375 e. The maximum absolute atomic E-state index is 6.32. The molecule has 0 amide bonds. The van der Waals surface area contributed by atoms with Crippen molar-refractivity contribution in [2.24, 2.45) is 5.41 Å². The van der Waals surface area contributed by atoms with Gasteiger partial charge in [0.25, 0.3) is 0 Å². The molecule has 1 unspecified atom stereocenters. The Kier molecular flexibility index (Phi) is 11.6. The van der Waals surface area contributed by atoms with Gasteiger partial charge >= 0.3 is 0 Å². The van der Waals surface area contributed by atoms with Crippen molar-refractivity contribution in [3.8, 4) is 0 Å². The summed E-state index contributed by atoms with van der Waals surface area (Å²) < 4.78 is 6.32. The normalized spacial score (nSPS) is 13.9. The molecule has 0 aromatic rings. The van der Waals surface area contributed by atoms with E-state index in [1.165, 1.54) is 64.2 Å². The molecule has 0 aliphatic heterocycles. The summed E-state index contributed by atoms with van der Waals surface area (Å²) >= 11 is 0. The van der Waals surface area contributed by atoms with Gasteiger partial charge in [0.05, 0.1) is 12.2 Å². The van der Waals surface area contributed by atoms with Crippen molar-refractivity contribution in [1.29, 1.82) is 0 Å². The lowest BCUT2D eigenvalue weighted by molar-refractivity contribution is -0.0823. The fourth-order valence-corrected chi connectivity index (χ4v) is 3.39. The van der Waals surface area contributed by atoms with Crippen molar-refractivity contribution in [1.82, 2.24) is 0 Å². The molecular weight excluding hydrogens is 244 g/mol. The first kappa shape index (κ1) is 20.0. The fraction of sp³-hybridized carbons (Fsp3) is 1.00. The van der Waals surface area contributed by atoms with Gasteiger partial charge in [-0.3, -0.25) is 0 Å². The fourth-order valence-electron chi connectivity index (χ4n) is 3.39. The van der Waals surface area contributed by atoms with Gasteiger partial charge in [-0.05, 0) is 44.9 Å². The van der Waals surface area contributed by atoms with Crippen molar-refractivity contribution < 1.29 is 4.74 Å². The van der Waals surface area contributed by atoms with Gasteiger partial charge in [-0.1, -0.05) is 66.2 Å². The standard InChI is InChI=1S/C19H40O/c1-7-11-12-13-14-15-16-18(20-17(5)6)19(8-2,9-3)10-4/h17-18H,7-16H2,1-6H3. The molecule has 0 fully saturated rings. The molecular formula is C19H40O. The molecule has 0 heterocycles. The maximum atomic E-state index is 6.32. The van der Waals surface area contributed by atoms with Crippen LogP contribution in [0.4, 0.5) is 0 Å². The third-order valence-electron chi connectivity index (χ3n) is 5.05. The van der Waals surface area contributed by atoms with Crippen LogP contribution in [0.2, 0.25) is 0 Å². The molecule has 0 aromatic heterocycles. The third-order valence-corrected chi connectivity index (χ3v) is 5.05. The second kappa shape index (κ2) is 11.6. The first-order chi connectivity index (χ1) is 9.56. The van der Waals surface area contributed by atoms with Gasteiger partial charge in [0.15, 0.2) is 0 Å². The molecule has 0 N–H and O–H groups in total. The number of unbranched alkanes of at least 4 members (excludes halogenated alkanes) is 5. The summed E-state index contributed by atoms with van der Waals surface area (Å²) in [5, 5.41) is 0. The quantitative estimate of drug-likeness (QED) is 0.340. The second-order valence-corrected chi connectivity index (χ2v) is 6.65. The zero-order valence-corrected chi connectivity index (χ0v) is 15.1. The Balaban J connectivity index is 4.33. The van der Waals surface area contributed by atoms with Gasteiger partial charge in [0, 0.05) is 0 Å². The van der Waals surface area contributed by atoms with Crippen LogP contribution in [-0.2, 0) is 4.74 Å². The van der Waals surface area contributed by atoms with Crippen LogP contribution in [0.15, 0.2) is 0 Å². The van der Waals surface area contributed by atoms with Crippen molar-refractivity contribution in [2.45, 2.75) is 118 Å². The highest BCUT2D eigenvalue weighted by Gasteiger charge is 2.34. The summed E-state index contributed by atoms with van der Waals surface area (Å²) in [4.78, 5) is 0. The van der Waals surface area contributed by atoms with Gasteiger partial charge < -0.3 is 4.74 Å². The predicted octanol–water partition coefficient (Wildman–Crippen LogP) is 6.75. The Morgan fingerprint density at radius 3 is 1.70 bits per heavy atom. The van der Waals surface area contributed by atoms with Crippen LogP contribution in [-0.4, -0.2) is 12.2 Å². The minimum absolute atomic E-state index is 0.351. The van der Waals surface area contributed by atoms with Gasteiger partial charge in [0.1, 0.15) is 0 Å². The van der Waals surface area contributed by atoms with E-state index < -0.39 is 0 Å². The maximum Gasteiger partial charge on any atom is 0.0634 e. The van der Waals surface area contributed by atoms with E-state index >= 15 is 0 Å². The van der Waals surface area contributed by atoms with Crippen molar-refractivity contribution in [3.05, 3.63) is 0 Å². The smallest absolute Gasteiger partial charge is 0.0634 e. The van der Waals surface area contributed by atoms with Crippen molar-refractivity contribution in [3.63, 3.8) is 0 Å². The molecule has 20 heavy (non-hydrogen) atoms. The van der Waals surface area contributed by atoms with Crippen molar-refractivity contribution in [2.75, 3.05) is 0 Å². The summed E-state index contributed by atoms with van der Waals surface area (Å²) in [7, 11) is 0. The molecule has 122 valence electrons. The first-order valence-corrected chi connectivity index (χ1v) is 9.21. The minimum Gasteiger partial charge on any atom is -0.375 e. The summed E-state index contributed by atoms with van der Waals surface area (Å²) in [6, 6.07) is 0.